The lowest BCUT2D eigenvalue weighted by molar-refractivity contribution is -0.241. The number of thiophene rings is 1. The van der Waals surface area contributed by atoms with Gasteiger partial charge in [-0.15, -0.1) is 11.3 Å². The first-order valence-corrected chi connectivity index (χ1v) is 12.8. The van der Waals surface area contributed by atoms with Gasteiger partial charge in [-0.1, -0.05) is 30.3 Å². The molecule has 2 atom stereocenters. The summed E-state index contributed by atoms with van der Waals surface area (Å²) in [6.07, 6.45) is 0.327. The number of ether oxygens (including phenoxy) is 2. The van der Waals surface area contributed by atoms with E-state index in [1.54, 1.807) is 5.38 Å². The molecule has 0 fully saturated rings. The average Bonchev–Trinajstić information content (AvgIpc) is 3.22. The summed E-state index contributed by atoms with van der Waals surface area (Å²) >= 11 is 1.17. The van der Waals surface area contributed by atoms with Gasteiger partial charge in [-0.05, 0) is 47.2 Å². The Labute approximate surface area is 206 Å². The third-order valence-corrected chi connectivity index (χ3v) is 8.54. The number of benzene rings is 2. The van der Waals surface area contributed by atoms with Crippen molar-refractivity contribution in [3.05, 3.63) is 81.5 Å². The SMILES string of the molecule is COc1ccc(S(=O)(=O)N2Cc3scc(Cc4ccccc4)c3C(O)(OC(C)=O)C2C(=O)O)cc1. The van der Waals surface area contributed by atoms with Crippen molar-refractivity contribution in [1.29, 1.82) is 0 Å². The van der Waals surface area contributed by atoms with E-state index in [1.807, 2.05) is 30.3 Å². The third kappa shape index (κ3) is 4.55. The van der Waals surface area contributed by atoms with Crippen LogP contribution in [0, 0.1) is 0 Å². The topological polar surface area (TPSA) is 130 Å². The van der Waals surface area contributed by atoms with Gasteiger partial charge in [0.15, 0.2) is 6.04 Å². The predicted molar refractivity (Wildman–Crippen MR) is 126 cm³/mol. The fourth-order valence-electron chi connectivity index (χ4n) is 4.22. The summed E-state index contributed by atoms with van der Waals surface area (Å²) in [6.45, 7) is 0.709. The Balaban J connectivity index is 1.87. The minimum atomic E-state index is -4.43. The van der Waals surface area contributed by atoms with Crippen LogP contribution in [0.2, 0.25) is 0 Å². The van der Waals surface area contributed by atoms with Crippen molar-refractivity contribution in [1.82, 2.24) is 4.31 Å². The maximum atomic E-state index is 13.6. The molecule has 3 aromatic rings. The zero-order valence-electron chi connectivity index (χ0n) is 18.9. The molecule has 2 heterocycles. The number of sulfonamides is 1. The van der Waals surface area contributed by atoms with Crippen molar-refractivity contribution in [2.24, 2.45) is 0 Å². The molecular formula is C24H23NO8S2. The van der Waals surface area contributed by atoms with Crippen molar-refractivity contribution in [2.45, 2.75) is 36.6 Å². The first kappa shape index (κ1) is 24.9. The monoisotopic (exact) mass is 517 g/mol. The van der Waals surface area contributed by atoms with Crippen molar-refractivity contribution in [2.75, 3.05) is 7.11 Å². The van der Waals surface area contributed by atoms with Gasteiger partial charge in [0.2, 0.25) is 10.0 Å². The van der Waals surface area contributed by atoms with Crippen LogP contribution in [0.25, 0.3) is 0 Å². The van der Waals surface area contributed by atoms with Crippen LogP contribution in [-0.4, -0.2) is 48.0 Å². The lowest BCUT2D eigenvalue weighted by atomic mass is 9.89. The van der Waals surface area contributed by atoms with E-state index >= 15 is 0 Å². The Morgan fingerprint density at radius 2 is 1.80 bits per heavy atom. The minimum absolute atomic E-state index is 0.107. The summed E-state index contributed by atoms with van der Waals surface area (Å²) in [5.41, 5.74) is 1.54. The Kier molecular flexibility index (Phi) is 6.69. The van der Waals surface area contributed by atoms with Crippen LogP contribution in [0.15, 0.2) is 64.9 Å². The molecule has 2 unspecified atom stereocenters. The van der Waals surface area contributed by atoms with Crippen LogP contribution < -0.4 is 4.74 Å². The van der Waals surface area contributed by atoms with E-state index in [2.05, 4.69) is 0 Å². The highest BCUT2D eigenvalue weighted by molar-refractivity contribution is 7.89. The number of carbonyl (C=O) groups is 2. The number of esters is 1. The summed E-state index contributed by atoms with van der Waals surface area (Å²) in [5.74, 6) is -4.94. The maximum Gasteiger partial charge on any atom is 0.329 e. The van der Waals surface area contributed by atoms with Crippen molar-refractivity contribution >= 4 is 33.3 Å². The van der Waals surface area contributed by atoms with Gasteiger partial charge < -0.3 is 19.7 Å². The summed E-state index contributed by atoms with van der Waals surface area (Å²) in [7, 11) is -3.00. The summed E-state index contributed by atoms with van der Waals surface area (Å²) in [5, 5.41) is 23.5. The van der Waals surface area contributed by atoms with E-state index in [0.717, 1.165) is 12.5 Å². The molecule has 1 aromatic heterocycles. The lowest BCUT2D eigenvalue weighted by Gasteiger charge is -2.42. The number of rotatable bonds is 7. The fraction of sp³-hybridized carbons (Fsp3) is 0.250. The molecule has 0 saturated heterocycles. The van der Waals surface area contributed by atoms with Gasteiger partial charge in [-0.25, -0.2) is 8.42 Å². The summed E-state index contributed by atoms with van der Waals surface area (Å²) in [4.78, 5) is 24.7. The highest BCUT2D eigenvalue weighted by Gasteiger charge is 2.59. The van der Waals surface area contributed by atoms with E-state index in [1.165, 1.54) is 42.7 Å². The van der Waals surface area contributed by atoms with Crippen molar-refractivity contribution in [3.8, 4) is 5.75 Å². The Hall–Kier alpha value is -3.25. The molecular weight excluding hydrogens is 494 g/mol. The molecule has 2 aromatic carbocycles. The van der Waals surface area contributed by atoms with Crippen LogP contribution in [0.1, 0.15) is 28.5 Å². The van der Waals surface area contributed by atoms with E-state index in [9.17, 15) is 28.2 Å². The number of fused-ring (bicyclic) bond motifs is 1. The number of aliphatic carboxylic acids is 1. The molecule has 1 aliphatic rings. The van der Waals surface area contributed by atoms with Gasteiger partial charge in [-0.2, -0.15) is 4.31 Å². The van der Waals surface area contributed by atoms with Gasteiger partial charge in [0, 0.05) is 17.4 Å². The van der Waals surface area contributed by atoms with E-state index in [0.29, 0.717) is 26.9 Å². The normalized spacial score (nSPS) is 20.1. The van der Waals surface area contributed by atoms with Gasteiger partial charge in [0.05, 0.1) is 18.6 Å². The molecule has 0 radical (unpaired) electrons. The van der Waals surface area contributed by atoms with Gasteiger partial charge in [0.25, 0.3) is 5.79 Å². The molecule has 4 rings (SSSR count). The lowest BCUT2D eigenvalue weighted by Crippen LogP contribution is -2.61. The average molecular weight is 518 g/mol. The number of nitrogens with zero attached hydrogens (tertiary/aromatic N) is 1. The van der Waals surface area contributed by atoms with Crippen LogP contribution in [0.4, 0.5) is 0 Å². The van der Waals surface area contributed by atoms with Crippen LogP contribution in [0.3, 0.4) is 0 Å². The fourth-order valence-corrected chi connectivity index (χ4v) is 6.96. The molecule has 1 aliphatic heterocycles. The highest BCUT2D eigenvalue weighted by Crippen LogP contribution is 2.45. The van der Waals surface area contributed by atoms with Crippen LogP contribution in [0.5, 0.6) is 5.75 Å². The second kappa shape index (κ2) is 9.42. The van der Waals surface area contributed by atoms with E-state index in [-0.39, 0.29) is 17.0 Å². The Morgan fingerprint density at radius 1 is 1.14 bits per heavy atom. The number of carboxylic acid groups (broad SMARTS) is 1. The predicted octanol–water partition coefficient (Wildman–Crippen LogP) is 2.71. The van der Waals surface area contributed by atoms with Gasteiger partial charge in [0.1, 0.15) is 5.75 Å². The second-order valence-electron chi connectivity index (χ2n) is 7.98. The number of hydrogen-bond donors (Lipinski definition) is 2. The van der Waals surface area contributed by atoms with Gasteiger partial charge in [-0.3, -0.25) is 9.59 Å². The van der Waals surface area contributed by atoms with Crippen molar-refractivity contribution in [3.63, 3.8) is 0 Å². The number of aliphatic hydroxyl groups is 1. The molecule has 2 N–H and O–H groups in total. The molecule has 0 spiro atoms. The first-order chi connectivity index (χ1) is 16.6. The molecule has 11 heteroatoms. The van der Waals surface area contributed by atoms with Crippen LogP contribution >= 0.6 is 11.3 Å². The molecule has 0 bridgehead atoms. The first-order valence-electron chi connectivity index (χ1n) is 10.5. The zero-order valence-corrected chi connectivity index (χ0v) is 20.5. The second-order valence-corrected chi connectivity index (χ2v) is 10.8. The zero-order chi connectivity index (χ0) is 25.4. The molecule has 0 saturated carbocycles. The third-order valence-electron chi connectivity index (χ3n) is 5.70. The molecule has 0 aliphatic carbocycles. The van der Waals surface area contributed by atoms with Gasteiger partial charge >= 0.3 is 11.9 Å². The molecule has 9 nitrogen and oxygen atoms in total. The quantitative estimate of drug-likeness (QED) is 0.361. The smallest absolute Gasteiger partial charge is 0.329 e. The largest absolute Gasteiger partial charge is 0.497 e. The number of hydrogen-bond acceptors (Lipinski definition) is 8. The number of carbonyl (C=O) groups excluding carboxylic acids is 1. The van der Waals surface area contributed by atoms with E-state index < -0.39 is 33.8 Å². The minimum Gasteiger partial charge on any atom is -0.497 e. The summed E-state index contributed by atoms with van der Waals surface area (Å²) < 4.78 is 38.1. The standard InChI is InChI=1S/C24H23NO8S2/c1-15(26)33-24(29)21-17(12-16-6-4-3-5-7-16)14-34-20(21)13-25(22(24)23(27)28)35(30,31)19-10-8-18(32-2)9-11-19/h3-11,14,22,29H,12-13H2,1-2H3,(H,27,28). The van der Waals surface area contributed by atoms with Crippen molar-refractivity contribution < 1.29 is 37.7 Å². The Bertz CT molecular complexity index is 1350. The highest BCUT2D eigenvalue weighted by atomic mass is 32.2. The molecule has 35 heavy (non-hydrogen) atoms. The maximum absolute atomic E-state index is 13.6. The molecule has 0 amide bonds. The molecule has 184 valence electrons. The van der Waals surface area contributed by atoms with Crippen LogP contribution in [-0.2, 0) is 43.1 Å². The number of methoxy groups -OCH3 is 1. The van der Waals surface area contributed by atoms with E-state index in [4.69, 9.17) is 9.47 Å². The Morgan fingerprint density at radius 3 is 2.37 bits per heavy atom. The number of carboxylic acids is 1. The summed E-state index contributed by atoms with van der Waals surface area (Å²) in [6, 6.07) is 12.6.